The standard InChI is InChI=1S/C13H15NO3S/c1-9-8-14(5-6-18-9)12(15)10-3-2-4-11(7-10)13(16)17/h2-4,7,9H,5-6,8H2,1H3,(H,16,17). The van der Waals surface area contributed by atoms with Crippen LogP contribution in [0, 0.1) is 0 Å². The topological polar surface area (TPSA) is 57.6 Å². The van der Waals surface area contributed by atoms with E-state index < -0.39 is 5.97 Å². The van der Waals surface area contributed by atoms with Crippen LogP contribution in [0.1, 0.15) is 27.6 Å². The van der Waals surface area contributed by atoms with Gasteiger partial charge in [0.15, 0.2) is 0 Å². The number of hydrogen-bond acceptors (Lipinski definition) is 3. The number of benzene rings is 1. The molecule has 1 heterocycles. The molecule has 1 amide bonds. The predicted octanol–water partition coefficient (Wildman–Crippen LogP) is 1.96. The van der Waals surface area contributed by atoms with Gasteiger partial charge in [0.2, 0.25) is 0 Å². The predicted molar refractivity (Wildman–Crippen MR) is 71.2 cm³/mol. The summed E-state index contributed by atoms with van der Waals surface area (Å²) in [5.41, 5.74) is 0.606. The highest BCUT2D eigenvalue weighted by Gasteiger charge is 2.22. The number of carbonyl (C=O) groups excluding carboxylic acids is 1. The van der Waals surface area contributed by atoms with Crippen molar-refractivity contribution in [2.75, 3.05) is 18.8 Å². The first-order chi connectivity index (χ1) is 8.58. The first-order valence-corrected chi connectivity index (χ1v) is 6.87. The van der Waals surface area contributed by atoms with Crippen LogP contribution >= 0.6 is 11.8 Å². The van der Waals surface area contributed by atoms with Crippen molar-refractivity contribution in [2.45, 2.75) is 12.2 Å². The summed E-state index contributed by atoms with van der Waals surface area (Å²) in [4.78, 5) is 24.9. The molecule has 0 spiro atoms. The summed E-state index contributed by atoms with van der Waals surface area (Å²) in [7, 11) is 0. The molecule has 0 saturated carbocycles. The summed E-state index contributed by atoms with van der Waals surface area (Å²) in [5.74, 6) is -0.150. The van der Waals surface area contributed by atoms with Gasteiger partial charge in [0.05, 0.1) is 5.56 Å². The Morgan fingerprint density at radius 1 is 1.39 bits per heavy atom. The number of nitrogens with zero attached hydrogens (tertiary/aromatic N) is 1. The van der Waals surface area contributed by atoms with Crippen LogP contribution in [-0.2, 0) is 0 Å². The molecule has 96 valence electrons. The van der Waals surface area contributed by atoms with Crippen molar-refractivity contribution in [3.05, 3.63) is 35.4 Å². The minimum Gasteiger partial charge on any atom is -0.478 e. The monoisotopic (exact) mass is 265 g/mol. The third-order valence-electron chi connectivity index (χ3n) is 2.88. The maximum atomic E-state index is 12.2. The van der Waals surface area contributed by atoms with E-state index in [9.17, 15) is 9.59 Å². The van der Waals surface area contributed by atoms with Crippen LogP contribution in [0.15, 0.2) is 24.3 Å². The zero-order valence-corrected chi connectivity index (χ0v) is 10.9. The number of aromatic carboxylic acids is 1. The second kappa shape index (κ2) is 5.44. The Balaban J connectivity index is 2.17. The van der Waals surface area contributed by atoms with Gasteiger partial charge in [-0.15, -0.1) is 0 Å². The SMILES string of the molecule is CC1CN(C(=O)c2cccc(C(=O)O)c2)CCS1. The molecule has 0 aliphatic carbocycles. The van der Waals surface area contributed by atoms with E-state index in [0.717, 1.165) is 18.8 Å². The molecule has 1 N–H and O–H groups in total. The molecule has 18 heavy (non-hydrogen) atoms. The number of amides is 1. The van der Waals surface area contributed by atoms with Crippen LogP contribution in [0.25, 0.3) is 0 Å². The lowest BCUT2D eigenvalue weighted by Gasteiger charge is -2.30. The quantitative estimate of drug-likeness (QED) is 0.888. The molecule has 1 saturated heterocycles. The minimum atomic E-state index is -1.01. The summed E-state index contributed by atoms with van der Waals surface area (Å²) < 4.78 is 0. The third kappa shape index (κ3) is 2.85. The fraction of sp³-hybridized carbons (Fsp3) is 0.385. The van der Waals surface area contributed by atoms with E-state index in [-0.39, 0.29) is 11.5 Å². The first-order valence-electron chi connectivity index (χ1n) is 5.82. The normalized spacial score (nSPS) is 19.6. The van der Waals surface area contributed by atoms with E-state index in [0.29, 0.717) is 10.8 Å². The lowest BCUT2D eigenvalue weighted by molar-refractivity contribution is 0.0697. The van der Waals surface area contributed by atoms with Gasteiger partial charge in [-0.3, -0.25) is 4.79 Å². The average Bonchev–Trinajstić information content (AvgIpc) is 2.38. The Morgan fingerprint density at radius 2 is 2.11 bits per heavy atom. The maximum absolute atomic E-state index is 12.2. The van der Waals surface area contributed by atoms with E-state index >= 15 is 0 Å². The van der Waals surface area contributed by atoms with Crippen molar-refractivity contribution < 1.29 is 14.7 Å². The molecule has 1 aliphatic rings. The van der Waals surface area contributed by atoms with Gasteiger partial charge in [-0.05, 0) is 18.2 Å². The van der Waals surface area contributed by atoms with Crippen LogP contribution in [0.4, 0.5) is 0 Å². The van der Waals surface area contributed by atoms with E-state index in [1.807, 2.05) is 11.8 Å². The minimum absolute atomic E-state index is 0.0785. The molecular weight excluding hydrogens is 250 g/mol. The summed E-state index contributed by atoms with van der Waals surface area (Å²) in [6.45, 7) is 3.55. The van der Waals surface area contributed by atoms with Crippen LogP contribution in [0.5, 0.6) is 0 Å². The highest BCUT2D eigenvalue weighted by molar-refractivity contribution is 7.99. The zero-order chi connectivity index (χ0) is 13.1. The number of carboxylic acid groups (broad SMARTS) is 1. The summed E-state index contributed by atoms with van der Waals surface area (Å²) in [5, 5.41) is 9.35. The van der Waals surface area contributed by atoms with Gasteiger partial charge in [-0.2, -0.15) is 11.8 Å². The van der Waals surface area contributed by atoms with Crippen molar-refractivity contribution in [2.24, 2.45) is 0 Å². The zero-order valence-electron chi connectivity index (χ0n) is 10.1. The molecule has 1 aromatic carbocycles. The van der Waals surface area contributed by atoms with Gasteiger partial charge in [0.1, 0.15) is 0 Å². The van der Waals surface area contributed by atoms with Crippen LogP contribution < -0.4 is 0 Å². The first kappa shape index (κ1) is 13.0. The van der Waals surface area contributed by atoms with Crippen LogP contribution in [0.2, 0.25) is 0 Å². The van der Waals surface area contributed by atoms with Crippen molar-refractivity contribution in [1.82, 2.24) is 4.90 Å². The Hall–Kier alpha value is -1.49. The third-order valence-corrected chi connectivity index (χ3v) is 4.02. The van der Waals surface area contributed by atoms with Crippen LogP contribution in [0.3, 0.4) is 0 Å². The second-order valence-electron chi connectivity index (χ2n) is 4.32. The molecule has 1 atom stereocenters. The van der Waals surface area contributed by atoms with Crippen molar-refractivity contribution >= 4 is 23.6 Å². The van der Waals surface area contributed by atoms with E-state index in [1.54, 1.807) is 17.0 Å². The van der Waals surface area contributed by atoms with Gasteiger partial charge in [-0.25, -0.2) is 4.79 Å². The molecule has 5 heteroatoms. The number of hydrogen-bond donors (Lipinski definition) is 1. The summed E-state index contributed by atoms with van der Waals surface area (Å²) in [6.07, 6.45) is 0. The van der Waals surface area contributed by atoms with Crippen LogP contribution in [-0.4, -0.2) is 46.0 Å². The molecule has 0 radical (unpaired) electrons. The lowest BCUT2D eigenvalue weighted by atomic mass is 10.1. The smallest absolute Gasteiger partial charge is 0.335 e. The molecule has 0 aromatic heterocycles. The number of thioether (sulfide) groups is 1. The number of carboxylic acids is 1. The van der Waals surface area contributed by atoms with Gasteiger partial charge in [-0.1, -0.05) is 13.0 Å². The Morgan fingerprint density at radius 3 is 2.78 bits per heavy atom. The Bertz CT molecular complexity index is 475. The second-order valence-corrected chi connectivity index (χ2v) is 5.86. The fourth-order valence-corrected chi connectivity index (χ4v) is 2.98. The van der Waals surface area contributed by atoms with Gasteiger partial charge in [0, 0.05) is 29.7 Å². The summed E-state index contributed by atoms with van der Waals surface area (Å²) in [6, 6.07) is 6.21. The fourth-order valence-electron chi connectivity index (χ4n) is 1.97. The molecular formula is C13H15NO3S. The van der Waals surface area contributed by atoms with Crippen molar-refractivity contribution in [3.8, 4) is 0 Å². The summed E-state index contributed by atoms with van der Waals surface area (Å²) >= 11 is 1.85. The highest BCUT2D eigenvalue weighted by Crippen LogP contribution is 2.19. The number of carbonyl (C=O) groups is 2. The Kier molecular flexibility index (Phi) is 3.91. The molecule has 2 rings (SSSR count). The van der Waals surface area contributed by atoms with E-state index in [1.165, 1.54) is 12.1 Å². The lowest BCUT2D eigenvalue weighted by Crippen LogP contribution is -2.41. The molecule has 1 aromatic rings. The maximum Gasteiger partial charge on any atom is 0.335 e. The Labute approximate surface area is 110 Å². The highest BCUT2D eigenvalue weighted by atomic mass is 32.2. The van der Waals surface area contributed by atoms with Gasteiger partial charge in [0.25, 0.3) is 5.91 Å². The average molecular weight is 265 g/mol. The number of rotatable bonds is 2. The van der Waals surface area contributed by atoms with E-state index in [4.69, 9.17) is 5.11 Å². The van der Waals surface area contributed by atoms with Gasteiger partial charge < -0.3 is 10.0 Å². The molecule has 1 unspecified atom stereocenters. The molecule has 1 aliphatic heterocycles. The van der Waals surface area contributed by atoms with E-state index in [2.05, 4.69) is 6.92 Å². The van der Waals surface area contributed by atoms with Gasteiger partial charge >= 0.3 is 5.97 Å². The molecule has 4 nitrogen and oxygen atoms in total. The van der Waals surface area contributed by atoms with Crippen molar-refractivity contribution in [1.29, 1.82) is 0 Å². The molecule has 0 bridgehead atoms. The van der Waals surface area contributed by atoms with Crippen molar-refractivity contribution in [3.63, 3.8) is 0 Å². The largest absolute Gasteiger partial charge is 0.478 e. The molecule has 1 fully saturated rings.